The second kappa shape index (κ2) is 8.66. The van der Waals surface area contributed by atoms with Crippen molar-refractivity contribution in [3.05, 3.63) is 18.0 Å². The predicted molar refractivity (Wildman–Crippen MR) is 106 cm³/mol. The summed E-state index contributed by atoms with van der Waals surface area (Å²) in [5.74, 6) is 1.31. The zero-order chi connectivity index (χ0) is 19.5. The van der Waals surface area contributed by atoms with Crippen LogP contribution in [0.1, 0.15) is 63.2 Å². The normalized spacial score (nSPS) is 25.1. The maximum Gasteiger partial charge on any atom is 0.222 e. The zero-order valence-electron chi connectivity index (χ0n) is 16.8. The lowest BCUT2D eigenvalue weighted by Crippen LogP contribution is -2.56. The molecule has 2 unspecified atom stereocenters. The molecule has 1 aromatic heterocycles. The molecule has 2 atom stereocenters. The van der Waals surface area contributed by atoms with Crippen molar-refractivity contribution in [2.45, 2.75) is 76.2 Å². The van der Waals surface area contributed by atoms with Gasteiger partial charge in [0, 0.05) is 57.0 Å². The van der Waals surface area contributed by atoms with Crippen LogP contribution in [0.15, 0.2) is 12.3 Å². The first-order valence-electron chi connectivity index (χ1n) is 10.7. The van der Waals surface area contributed by atoms with Crippen molar-refractivity contribution in [2.75, 3.05) is 20.2 Å². The van der Waals surface area contributed by atoms with Crippen molar-refractivity contribution in [2.24, 2.45) is 0 Å². The van der Waals surface area contributed by atoms with Gasteiger partial charge in [0.25, 0.3) is 0 Å². The number of fused-ring (bicyclic) bond motifs is 3. The number of carbonyl (C=O) groups is 2. The lowest BCUT2D eigenvalue weighted by atomic mass is 9.94. The van der Waals surface area contributed by atoms with Crippen LogP contribution in [0.2, 0.25) is 0 Å². The van der Waals surface area contributed by atoms with Gasteiger partial charge < -0.3 is 14.2 Å². The molecule has 7 heteroatoms. The number of hydrogen-bond acceptors (Lipinski definition) is 5. The molecule has 4 rings (SSSR count). The Kier molecular flexibility index (Phi) is 6.01. The van der Waals surface area contributed by atoms with Crippen LogP contribution >= 0.6 is 0 Å². The fourth-order valence-electron chi connectivity index (χ4n) is 4.73. The van der Waals surface area contributed by atoms with Gasteiger partial charge in [-0.2, -0.15) is 0 Å². The lowest BCUT2D eigenvalue weighted by Gasteiger charge is -2.37. The van der Waals surface area contributed by atoms with E-state index in [1.54, 1.807) is 0 Å². The lowest BCUT2D eigenvalue weighted by molar-refractivity contribution is -0.132. The van der Waals surface area contributed by atoms with Crippen LogP contribution in [0.3, 0.4) is 0 Å². The van der Waals surface area contributed by atoms with E-state index in [4.69, 9.17) is 4.74 Å². The molecule has 0 aromatic carbocycles. The van der Waals surface area contributed by atoms with Gasteiger partial charge in [0.15, 0.2) is 5.78 Å². The summed E-state index contributed by atoms with van der Waals surface area (Å²) < 4.78 is 8.03. The third-order valence-corrected chi connectivity index (χ3v) is 6.42. The summed E-state index contributed by atoms with van der Waals surface area (Å²) in [7, 11) is 1.95. The first-order chi connectivity index (χ1) is 13.6. The average Bonchev–Trinajstić information content (AvgIpc) is 3.15. The Balaban J connectivity index is 1.25. The maximum absolute atomic E-state index is 12.4. The van der Waals surface area contributed by atoms with Crippen molar-refractivity contribution in [3.8, 4) is 5.75 Å². The van der Waals surface area contributed by atoms with Crippen molar-refractivity contribution in [3.63, 3.8) is 0 Å². The number of nitrogens with zero attached hydrogens (tertiary/aromatic N) is 2. The van der Waals surface area contributed by atoms with Crippen LogP contribution in [-0.4, -0.2) is 53.4 Å². The monoisotopic (exact) mass is 388 g/mol. The summed E-state index contributed by atoms with van der Waals surface area (Å²) in [5, 5.41) is 6.75. The molecule has 1 saturated carbocycles. The van der Waals surface area contributed by atoms with E-state index in [1.165, 1.54) is 19.3 Å². The second-order valence-corrected chi connectivity index (χ2v) is 8.30. The summed E-state index contributed by atoms with van der Waals surface area (Å²) in [4.78, 5) is 26.5. The number of hydrogen-bond donors (Lipinski definition) is 2. The van der Waals surface area contributed by atoms with E-state index in [9.17, 15) is 9.59 Å². The Bertz CT molecular complexity index is 711. The van der Waals surface area contributed by atoms with Crippen LogP contribution in [0.25, 0.3) is 0 Å². The minimum atomic E-state index is -0.158. The molecule has 0 radical (unpaired) electrons. The van der Waals surface area contributed by atoms with E-state index in [0.29, 0.717) is 38.6 Å². The zero-order valence-corrected chi connectivity index (χ0v) is 16.8. The molecule has 2 aliphatic heterocycles. The molecular weight excluding hydrogens is 356 g/mol. The molecule has 7 nitrogen and oxygen atoms in total. The summed E-state index contributed by atoms with van der Waals surface area (Å²) in [6.07, 6.45) is 9.84. The minimum absolute atomic E-state index is 0.0342. The van der Waals surface area contributed by atoms with Gasteiger partial charge in [-0.05, 0) is 19.3 Å². The van der Waals surface area contributed by atoms with E-state index in [-0.39, 0.29) is 23.9 Å². The number of ketones is 1. The van der Waals surface area contributed by atoms with Gasteiger partial charge in [-0.3, -0.25) is 20.2 Å². The Hall–Kier alpha value is -1.86. The van der Waals surface area contributed by atoms with E-state index >= 15 is 0 Å². The molecular formula is C21H32N4O3. The first kappa shape index (κ1) is 19.5. The molecule has 3 heterocycles. The standard InChI is InChI=1S/C21H32N4O3/c1-24(15-6-3-2-4-7-15)19(27)8-5-11-28-17-12-16-13-23-20-18(26)9-10-22-21(20)25(16)14-17/h12,14-15,20-23H,2-11,13H2,1H3. The number of carbonyl (C=O) groups excluding carboxylic acids is 2. The molecule has 154 valence electrons. The molecule has 0 bridgehead atoms. The Morgan fingerprint density at radius 2 is 2.11 bits per heavy atom. The van der Waals surface area contributed by atoms with Crippen LogP contribution in [0.5, 0.6) is 5.75 Å². The van der Waals surface area contributed by atoms with Gasteiger partial charge in [-0.1, -0.05) is 19.3 Å². The predicted octanol–water partition coefficient (Wildman–Crippen LogP) is 1.97. The molecule has 1 aliphatic carbocycles. The van der Waals surface area contributed by atoms with E-state index in [0.717, 1.165) is 30.7 Å². The molecule has 2 fully saturated rings. The van der Waals surface area contributed by atoms with E-state index in [1.807, 2.05) is 24.2 Å². The first-order valence-corrected chi connectivity index (χ1v) is 10.7. The van der Waals surface area contributed by atoms with Crippen LogP contribution in [0, 0.1) is 0 Å². The van der Waals surface area contributed by atoms with Crippen molar-refractivity contribution in [1.29, 1.82) is 0 Å². The Morgan fingerprint density at radius 3 is 2.93 bits per heavy atom. The van der Waals surface area contributed by atoms with Gasteiger partial charge in [0.1, 0.15) is 18.0 Å². The third-order valence-electron chi connectivity index (χ3n) is 6.42. The molecule has 0 spiro atoms. The molecule has 2 N–H and O–H groups in total. The smallest absolute Gasteiger partial charge is 0.222 e. The van der Waals surface area contributed by atoms with Crippen molar-refractivity contribution in [1.82, 2.24) is 20.1 Å². The Labute approximate surface area is 166 Å². The number of rotatable bonds is 6. The number of nitrogens with one attached hydrogen (secondary N) is 2. The summed E-state index contributed by atoms with van der Waals surface area (Å²) in [5.41, 5.74) is 1.12. The second-order valence-electron chi connectivity index (χ2n) is 8.30. The number of amides is 1. The molecule has 1 saturated heterocycles. The fourth-order valence-corrected chi connectivity index (χ4v) is 4.73. The highest BCUT2D eigenvalue weighted by molar-refractivity contribution is 5.85. The maximum atomic E-state index is 12.4. The van der Waals surface area contributed by atoms with Gasteiger partial charge in [0.05, 0.1) is 6.61 Å². The fraction of sp³-hybridized carbons (Fsp3) is 0.714. The van der Waals surface area contributed by atoms with E-state index < -0.39 is 0 Å². The Morgan fingerprint density at radius 1 is 1.29 bits per heavy atom. The largest absolute Gasteiger partial charge is 0.492 e. The summed E-state index contributed by atoms with van der Waals surface area (Å²) in [6.45, 7) is 1.91. The molecule has 1 aromatic rings. The van der Waals surface area contributed by atoms with Gasteiger partial charge in [-0.25, -0.2) is 0 Å². The van der Waals surface area contributed by atoms with Crippen molar-refractivity contribution < 1.29 is 14.3 Å². The number of piperidine rings is 1. The van der Waals surface area contributed by atoms with E-state index in [2.05, 4.69) is 15.2 Å². The number of Topliss-reactive ketones (excluding diaryl/α,β-unsaturated/α-hetero) is 1. The number of ether oxygens (including phenoxy) is 1. The highest BCUT2D eigenvalue weighted by Gasteiger charge is 2.36. The van der Waals surface area contributed by atoms with Crippen molar-refractivity contribution >= 4 is 11.7 Å². The topological polar surface area (TPSA) is 75.6 Å². The van der Waals surface area contributed by atoms with Gasteiger partial charge in [0.2, 0.25) is 5.91 Å². The third kappa shape index (κ3) is 4.10. The summed E-state index contributed by atoms with van der Waals surface area (Å²) in [6, 6.07) is 2.29. The SMILES string of the molecule is CN(C(=O)CCCOc1cc2n(c1)C1NCCC(=O)C1NC2)C1CCCCC1. The van der Waals surface area contributed by atoms with Crippen LogP contribution in [0.4, 0.5) is 0 Å². The van der Waals surface area contributed by atoms with Crippen LogP contribution < -0.4 is 15.4 Å². The molecule has 3 aliphatic rings. The summed E-state index contributed by atoms with van der Waals surface area (Å²) >= 11 is 0. The minimum Gasteiger partial charge on any atom is -0.492 e. The highest BCUT2D eigenvalue weighted by Crippen LogP contribution is 2.28. The molecule has 1 amide bonds. The quantitative estimate of drug-likeness (QED) is 0.729. The number of aromatic nitrogens is 1. The molecule has 28 heavy (non-hydrogen) atoms. The average molecular weight is 389 g/mol. The van der Waals surface area contributed by atoms with Crippen LogP contribution in [-0.2, 0) is 16.1 Å². The highest BCUT2D eigenvalue weighted by atomic mass is 16.5. The van der Waals surface area contributed by atoms with Gasteiger partial charge >= 0.3 is 0 Å². The van der Waals surface area contributed by atoms with Gasteiger partial charge in [-0.15, -0.1) is 0 Å².